The molecule has 31 heavy (non-hydrogen) atoms. The average molecular weight is 415 g/mol. The molecule has 5 nitrogen and oxygen atoms in total. The lowest BCUT2D eigenvalue weighted by Gasteiger charge is -2.10. The van der Waals surface area contributed by atoms with Crippen molar-refractivity contribution in [3.8, 4) is 22.8 Å². The van der Waals surface area contributed by atoms with E-state index in [1.54, 1.807) is 7.11 Å². The van der Waals surface area contributed by atoms with Gasteiger partial charge in [0, 0.05) is 35.6 Å². The monoisotopic (exact) mass is 414 g/mol. The van der Waals surface area contributed by atoms with E-state index in [-0.39, 0.29) is 5.91 Å². The van der Waals surface area contributed by atoms with Crippen LogP contribution in [0.3, 0.4) is 0 Å². The predicted molar refractivity (Wildman–Crippen MR) is 123 cm³/mol. The van der Waals surface area contributed by atoms with Gasteiger partial charge in [-0.25, -0.2) is 0 Å². The van der Waals surface area contributed by atoms with Crippen LogP contribution in [0.1, 0.15) is 18.1 Å². The molecule has 2 N–H and O–H groups in total. The van der Waals surface area contributed by atoms with Gasteiger partial charge in [0.25, 0.3) is 0 Å². The van der Waals surface area contributed by atoms with Crippen LogP contribution >= 0.6 is 0 Å². The van der Waals surface area contributed by atoms with Gasteiger partial charge in [0.05, 0.1) is 7.11 Å². The first-order chi connectivity index (χ1) is 15.1. The summed E-state index contributed by atoms with van der Waals surface area (Å²) in [6, 6.07) is 24.2. The molecule has 4 aromatic rings. The summed E-state index contributed by atoms with van der Waals surface area (Å²) in [5.74, 6) is 1.58. The highest BCUT2D eigenvalue weighted by Gasteiger charge is 2.15. The molecule has 3 aromatic carbocycles. The number of carbonyl (C=O) groups is 1. The summed E-state index contributed by atoms with van der Waals surface area (Å²) in [5.41, 5.74) is 5.37. The first-order valence-electron chi connectivity index (χ1n) is 10.3. The zero-order chi connectivity index (χ0) is 21.6. The van der Waals surface area contributed by atoms with Crippen molar-refractivity contribution in [2.45, 2.75) is 20.0 Å². The second-order valence-electron chi connectivity index (χ2n) is 7.43. The van der Waals surface area contributed by atoms with Crippen LogP contribution in [0, 0.1) is 0 Å². The molecule has 4 rings (SSSR count). The van der Waals surface area contributed by atoms with Crippen LogP contribution in [0.2, 0.25) is 0 Å². The summed E-state index contributed by atoms with van der Waals surface area (Å²) in [5, 5.41) is 3.99. The molecule has 0 fully saturated rings. The second kappa shape index (κ2) is 9.39. The Bertz CT molecular complexity index is 1180. The lowest BCUT2D eigenvalue weighted by molar-refractivity contribution is -0.118. The molecule has 0 atom stereocenters. The third kappa shape index (κ3) is 4.89. The molecule has 1 aromatic heterocycles. The number of methoxy groups -OCH3 is 1. The summed E-state index contributed by atoms with van der Waals surface area (Å²) in [6.07, 6.45) is 0.706. The first kappa shape index (κ1) is 20.5. The van der Waals surface area contributed by atoms with Crippen LogP contribution in [-0.4, -0.2) is 24.5 Å². The summed E-state index contributed by atoms with van der Waals surface area (Å²) in [4.78, 5) is 14.9. The molecular formula is C26H26N2O3. The van der Waals surface area contributed by atoms with E-state index in [2.05, 4.69) is 28.5 Å². The fourth-order valence-corrected chi connectivity index (χ4v) is 3.71. The second-order valence-corrected chi connectivity index (χ2v) is 7.43. The van der Waals surface area contributed by atoms with Crippen LogP contribution in [0.25, 0.3) is 22.2 Å². The van der Waals surface area contributed by atoms with Crippen LogP contribution in [0.15, 0.2) is 72.8 Å². The maximum absolute atomic E-state index is 11.4. The van der Waals surface area contributed by atoms with Gasteiger partial charge in [-0.15, -0.1) is 0 Å². The minimum Gasteiger partial charge on any atom is -0.497 e. The summed E-state index contributed by atoms with van der Waals surface area (Å²) in [7, 11) is 1.67. The van der Waals surface area contributed by atoms with Crippen LogP contribution in [-0.2, 0) is 17.8 Å². The van der Waals surface area contributed by atoms with Gasteiger partial charge in [-0.3, -0.25) is 4.79 Å². The normalized spacial score (nSPS) is 10.8. The third-order valence-electron chi connectivity index (χ3n) is 5.23. The van der Waals surface area contributed by atoms with E-state index in [9.17, 15) is 4.79 Å². The number of aromatic amines is 1. The van der Waals surface area contributed by atoms with Gasteiger partial charge in [0.15, 0.2) is 0 Å². The molecular weight excluding hydrogens is 388 g/mol. The highest BCUT2D eigenvalue weighted by atomic mass is 16.5. The number of H-pyrrole nitrogens is 1. The van der Waals surface area contributed by atoms with Crippen molar-refractivity contribution < 1.29 is 14.3 Å². The molecule has 1 heterocycles. The Morgan fingerprint density at radius 2 is 1.81 bits per heavy atom. The van der Waals surface area contributed by atoms with Crippen LogP contribution in [0.4, 0.5) is 0 Å². The molecule has 0 aliphatic carbocycles. The number of fused-ring (bicyclic) bond motifs is 1. The van der Waals surface area contributed by atoms with Gasteiger partial charge in [-0.05, 0) is 47.9 Å². The van der Waals surface area contributed by atoms with Gasteiger partial charge in [-0.2, -0.15) is 0 Å². The van der Waals surface area contributed by atoms with Crippen molar-refractivity contribution in [2.24, 2.45) is 0 Å². The Morgan fingerprint density at radius 3 is 2.58 bits per heavy atom. The number of nitrogens with one attached hydrogen (secondary N) is 2. The molecule has 0 saturated carbocycles. The van der Waals surface area contributed by atoms with Gasteiger partial charge in [-0.1, -0.05) is 42.5 Å². The van der Waals surface area contributed by atoms with Gasteiger partial charge < -0.3 is 19.8 Å². The van der Waals surface area contributed by atoms with Gasteiger partial charge in [0.1, 0.15) is 18.1 Å². The third-order valence-corrected chi connectivity index (χ3v) is 5.23. The fraction of sp³-hybridized carbons (Fsp3) is 0.192. The Morgan fingerprint density at radius 1 is 0.968 bits per heavy atom. The predicted octanol–water partition coefficient (Wildman–Crippen LogP) is 5.10. The van der Waals surface area contributed by atoms with E-state index < -0.39 is 0 Å². The zero-order valence-corrected chi connectivity index (χ0v) is 17.8. The van der Waals surface area contributed by atoms with E-state index in [4.69, 9.17) is 9.47 Å². The van der Waals surface area contributed by atoms with E-state index in [1.165, 1.54) is 6.92 Å². The van der Waals surface area contributed by atoms with Gasteiger partial charge >= 0.3 is 0 Å². The van der Waals surface area contributed by atoms with E-state index in [0.29, 0.717) is 19.6 Å². The molecule has 158 valence electrons. The largest absolute Gasteiger partial charge is 0.497 e. The molecule has 0 unspecified atom stereocenters. The number of hydrogen-bond acceptors (Lipinski definition) is 3. The maximum atomic E-state index is 11.4. The summed E-state index contributed by atoms with van der Waals surface area (Å²) < 4.78 is 11.5. The van der Waals surface area contributed by atoms with Crippen LogP contribution < -0.4 is 14.8 Å². The standard InChI is InChI=1S/C26H26N2O3/c1-18(29)27-14-13-23-24-16-21(30-2)11-12-25(24)28-26(23)20-9-6-10-22(15-20)31-17-19-7-4-3-5-8-19/h3-12,15-16,28H,13-14,17H2,1-2H3,(H,27,29). The number of hydrogen-bond donors (Lipinski definition) is 2. The van der Waals surface area contributed by atoms with Crippen molar-refractivity contribution in [3.63, 3.8) is 0 Å². The lowest BCUT2D eigenvalue weighted by Crippen LogP contribution is -2.22. The summed E-state index contributed by atoms with van der Waals surface area (Å²) >= 11 is 0. The molecule has 0 spiro atoms. The molecule has 0 saturated heterocycles. The molecule has 5 heteroatoms. The minimum absolute atomic E-state index is 0.0321. The van der Waals surface area contributed by atoms with E-state index in [1.807, 2.05) is 54.6 Å². The minimum atomic E-state index is -0.0321. The van der Waals surface area contributed by atoms with Crippen LogP contribution in [0.5, 0.6) is 11.5 Å². The van der Waals surface area contributed by atoms with E-state index >= 15 is 0 Å². The SMILES string of the molecule is COc1ccc2[nH]c(-c3cccc(OCc4ccccc4)c3)c(CCNC(C)=O)c2c1. The maximum Gasteiger partial charge on any atom is 0.216 e. The molecule has 0 bridgehead atoms. The highest BCUT2D eigenvalue weighted by molar-refractivity contribution is 5.92. The lowest BCUT2D eigenvalue weighted by atomic mass is 10.0. The molecule has 0 radical (unpaired) electrons. The number of ether oxygens (including phenoxy) is 2. The number of benzene rings is 3. The van der Waals surface area contributed by atoms with E-state index in [0.717, 1.165) is 44.8 Å². The number of rotatable bonds is 8. The quantitative estimate of drug-likeness (QED) is 0.422. The van der Waals surface area contributed by atoms with Crippen molar-refractivity contribution >= 4 is 16.8 Å². The molecule has 0 aliphatic rings. The van der Waals surface area contributed by atoms with Crippen molar-refractivity contribution in [3.05, 3.63) is 83.9 Å². The number of carbonyl (C=O) groups excluding carboxylic acids is 1. The van der Waals surface area contributed by atoms with Crippen molar-refractivity contribution in [1.82, 2.24) is 10.3 Å². The van der Waals surface area contributed by atoms with Crippen molar-refractivity contribution in [1.29, 1.82) is 0 Å². The Balaban J connectivity index is 1.66. The average Bonchev–Trinajstić information content (AvgIpc) is 3.16. The first-order valence-corrected chi connectivity index (χ1v) is 10.3. The molecule has 0 aliphatic heterocycles. The van der Waals surface area contributed by atoms with Crippen molar-refractivity contribution in [2.75, 3.05) is 13.7 Å². The summed E-state index contributed by atoms with van der Waals surface area (Å²) in [6.45, 7) is 2.62. The highest BCUT2D eigenvalue weighted by Crippen LogP contribution is 2.34. The smallest absolute Gasteiger partial charge is 0.216 e. The molecule has 1 amide bonds. The Kier molecular flexibility index (Phi) is 6.22. The fourth-order valence-electron chi connectivity index (χ4n) is 3.71. The van der Waals surface area contributed by atoms with Gasteiger partial charge in [0.2, 0.25) is 5.91 Å². The Labute approximate surface area is 182 Å². The zero-order valence-electron chi connectivity index (χ0n) is 17.8. The Hall–Kier alpha value is -3.73. The number of aromatic nitrogens is 1. The number of amides is 1. The topological polar surface area (TPSA) is 63.4 Å².